The molecule has 0 radical (unpaired) electrons. The minimum Gasteiger partial charge on any atom is -0.481 e. The van der Waals surface area contributed by atoms with Crippen molar-refractivity contribution in [3.63, 3.8) is 0 Å². The summed E-state index contributed by atoms with van der Waals surface area (Å²) in [6.07, 6.45) is 4.50. The van der Waals surface area contributed by atoms with Gasteiger partial charge in [-0.25, -0.2) is 4.79 Å². The largest absolute Gasteiger partial charge is 0.481 e. The van der Waals surface area contributed by atoms with Crippen molar-refractivity contribution in [2.45, 2.75) is 38.1 Å². The van der Waals surface area contributed by atoms with Crippen LogP contribution in [0.25, 0.3) is 0 Å². The van der Waals surface area contributed by atoms with Crippen LogP contribution in [-0.4, -0.2) is 66.3 Å². The van der Waals surface area contributed by atoms with Gasteiger partial charge in [-0.05, 0) is 31.6 Å². The zero-order chi connectivity index (χ0) is 14.5. The molecule has 0 unspecified atom stereocenters. The molecule has 0 atom stereocenters. The van der Waals surface area contributed by atoms with Gasteiger partial charge in [0.15, 0.2) is 0 Å². The van der Waals surface area contributed by atoms with Crippen molar-refractivity contribution in [2.75, 3.05) is 33.4 Å². The van der Waals surface area contributed by atoms with Crippen molar-refractivity contribution < 1.29 is 19.4 Å². The number of nitrogens with zero attached hydrogens (tertiary/aromatic N) is 2. The van der Waals surface area contributed by atoms with E-state index >= 15 is 0 Å². The van der Waals surface area contributed by atoms with Gasteiger partial charge in [0.1, 0.15) is 0 Å². The van der Waals surface area contributed by atoms with Crippen molar-refractivity contribution in [2.24, 2.45) is 5.92 Å². The van der Waals surface area contributed by atoms with Crippen LogP contribution >= 0.6 is 0 Å². The van der Waals surface area contributed by atoms with Crippen LogP contribution in [0.15, 0.2) is 0 Å². The van der Waals surface area contributed by atoms with Gasteiger partial charge in [0, 0.05) is 32.8 Å². The van der Waals surface area contributed by atoms with E-state index in [9.17, 15) is 9.59 Å². The van der Waals surface area contributed by atoms with Crippen LogP contribution in [-0.2, 0) is 9.53 Å². The van der Waals surface area contributed by atoms with Gasteiger partial charge >= 0.3 is 12.0 Å². The lowest BCUT2D eigenvalue weighted by Gasteiger charge is -2.27. The zero-order valence-corrected chi connectivity index (χ0v) is 12.1. The van der Waals surface area contributed by atoms with Crippen LogP contribution in [0.1, 0.15) is 32.1 Å². The molecule has 0 saturated heterocycles. The summed E-state index contributed by atoms with van der Waals surface area (Å²) in [7, 11) is 1.75. The van der Waals surface area contributed by atoms with E-state index in [4.69, 9.17) is 9.84 Å². The standard InChI is InChI=1S/C14H24N2O4/c1-15(8-9-20-10-11-2-3-11)14(19)16(12-4-5-12)7-6-13(17)18/h11-12H,2-10H2,1H3,(H,17,18). The summed E-state index contributed by atoms with van der Waals surface area (Å²) in [4.78, 5) is 26.3. The number of carbonyl (C=O) groups is 2. The van der Waals surface area contributed by atoms with Crippen LogP contribution in [0, 0.1) is 5.92 Å². The van der Waals surface area contributed by atoms with Gasteiger partial charge in [-0.3, -0.25) is 4.79 Å². The summed E-state index contributed by atoms with van der Waals surface area (Å²) < 4.78 is 5.53. The van der Waals surface area contributed by atoms with E-state index in [2.05, 4.69) is 0 Å². The second kappa shape index (κ2) is 6.92. The molecule has 0 aromatic rings. The fourth-order valence-corrected chi connectivity index (χ4v) is 2.09. The molecule has 2 aliphatic carbocycles. The maximum absolute atomic E-state index is 12.3. The molecule has 6 heteroatoms. The van der Waals surface area contributed by atoms with Crippen LogP contribution in [0.2, 0.25) is 0 Å². The van der Waals surface area contributed by atoms with Gasteiger partial charge in [0.05, 0.1) is 13.0 Å². The molecule has 2 amide bonds. The van der Waals surface area contributed by atoms with Gasteiger partial charge in [0.25, 0.3) is 0 Å². The highest BCUT2D eigenvalue weighted by Crippen LogP contribution is 2.29. The van der Waals surface area contributed by atoms with Crippen molar-refractivity contribution >= 4 is 12.0 Å². The van der Waals surface area contributed by atoms with E-state index in [-0.39, 0.29) is 18.5 Å². The van der Waals surface area contributed by atoms with Crippen molar-refractivity contribution in [1.82, 2.24) is 9.80 Å². The number of ether oxygens (including phenoxy) is 1. The average molecular weight is 284 g/mol. The first-order valence-corrected chi connectivity index (χ1v) is 7.39. The van der Waals surface area contributed by atoms with Crippen LogP contribution in [0.5, 0.6) is 0 Å². The van der Waals surface area contributed by atoms with E-state index in [0.717, 1.165) is 25.4 Å². The molecule has 20 heavy (non-hydrogen) atoms. The minimum atomic E-state index is -0.862. The normalized spacial score (nSPS) is 17.9. The summed E-state index contributed by atoms with van der Waals surface area (Å²) in [5, 5.41) is 8.74. The monoisotopic (exact) mass is 284 g/mol. The zero-order valence-electron chi connectivity index (χ0n) is 12.1. The minimum absolute atomic E-state index is 0.00819. The highest BCUT2D eigenvalue weighted by molar-refractivity contribution is 5.76. The molecule has 0 aromatic carbocycles. The maximum Gasteiger partial charge on any atom is 0.320 e. The fraction of sp³-hybridized carbons (Fsp3) is 0.857. The first kappa shape index (κ1) is 15.1. The Kier molecular flexibility index (Phi) is 5.23. The van der Waals surface area contributed by atoms with Gasteiger partial charge in [-0.15, -0.1) is 0 Å². The molecule has 2 rings (SSSR count). The van der Waals surface area contributed by atoms with Crippen molar-refractivity contribution in [3.05, 3.63) is 0 Å². The Balaban J connectivity index is 1.69. The predicted molar refractivity (Wildman–Crippen MR) is 73.5 cm³/mol. The maximum atomic E-state index is 12.3. The Bertz CT molecular complexity index is 353. The molecule has 0 aromatic heterocycles. The Hall–Kier alpha value is -1.30. The average Bonchev–Trinajstić information content (AvgIpc) is 3.26. The summed E-state index contributed by atoms with van der Waals surface area (Å²) in [5.74, 6) is -0.131. The number of hydrogen-bond acceptors (Lipinski definition) is 3. The molecular weight excluding hydrogens is 260 g/mol. The Morgan fingerprint density at radius 2 is 1.90 bits per heavy atom. The molecule has 2 fully saturated rings. The third-order valence-corrected chi connectivity index (χ3v) is 3.75. The van der Waals surface area contributed by atoms with Gasteiger partial charge in [0.2, 0.25) is 0 Å². The Morgan fingerprint density at radius 3 is 2.45 bits per heavy atom. The molecule has 6 nitrogen and oxygen atoms in total. The van der Waals surface area contributed by atoms with Gasteiger partial charge in [-0.2, -0.15) is 0 Å². The van der Waals surface area contributed by atoms with E-state index < -0.39 is 5.97 Å². The van der Waals surface area contributed by atoms with Crippen LogP contribution in [0.4, 0.5) is 4.79 Å². The number of aliphatic carboxylic acids is 1. The third kappa shape index (κ3) is 5.00. The number of carboxylic acid groups (broad SMARTS) is 1. The number of amides is 2. The Labute approximate surface area is 119 Å². The summed E-state index contributed by atoms with van der Waals surface area (Å²) in [5.41, 5.74) is 0. The van der Waals surface area contributed by atoms with Gasteiger partial charge < -0.3 is 19.6 Å². The molecule has 2 saturated carbocycles. The highest BCUT2D eigenvalue weighted by Gasteiger charge is 2.34. The summed E-state index contributed by atoms with van der Waals surface area (Å²) in [6.45, 7) is 2.21. The summed E-state index contributed by atoms with van der Waals surface area (Å²) >= 11 is 0. The summed E-state index contributed by atoms with van der Waals surface area (Å²) in [6, 6.07) is 0.153. The van der Waals surface area contributed by atoms with E-state index in [1.165, 1.54) is 12.8 Å². The molecule has 0 bridgehead atoms. The molecule has 0 heterocycles. The number of urea groups is 1. The molecule has 114 valence electrons. The lowest BCUT2D eigenvalue weighted by atomic mass is 10.3. The SMILES string of the molecule is CN(CCOCC1CC1)C(=O)N(CCC(=O)O)C1CC1. The van der Waals surface area contributed by atoms with Crippen LogP contribution < -0.4 is 0 Å². The number of rotatable bonds is 9. The van der Waals surface area contributed by atoms with E-state index in [1.54, 1.807) is 16.8 Å². The molecular formula is C14H24N2O4. The topological polar surface area (TPSA) is 70.1 Å². The van der Waals surface area contributed by atoms with Crippen molar-refractivity contribution in [3.8, 4) is 0 Å². The smallest absolute Gasteiger partial charge is 0.320 e. The molecule has 1 N–H and O–H groups in total. The fourth-order valence-electron chi connectivity index (χ4n) is 2.09. The first-order chi connectivity index (χ1) is 9.58. The second-order valence-corrected chi connectivity index (χ2v) is 5.79. The predicted octanol–water partition coefficient (Wildman–Crippen LogP) is 1.40. The van der Waals surface area contributed by atoms with Gasteiger partial charge in [-0.1, -0.05) is 0 Å². The highest BCUT2D eigenvalue weighted by atomic mass is 16.5. The quantitative estimate of drug-likeness (QED) is 0.650. The lowest BCUT2D eigenvalue weighted by Crippen LogP contribution is -2.44. The second-order valence-electron chi connectivity index (χ2n) is 5.79. The molecule has 0 spiro atoms. The Morgan fingerprint density at radius 1 is 1.20 bits per heavy atom. The first-order valence-electron chi connectivity index (χ1n) is 7.39. The number of likely N-dealkylation sites (N-methyl/N-ethyl adjacent to an activating group) is 1. The van der Waals surface area contributed by atoms with Crippen LogP contribution in [0.3, 0.4) is 0 Å². The third-order valence-electron chi connectivity index (χ3n) is 3.75. The van der Waals surface area contributed by atoms with Crippen molar-refractivity contribution in [1.29, 1.82) is 0 Å². The van der Waals surface area contributed by atoms with E-state index in [1.807, 2.05) is 0 Å². The molecule has 0 aliphatic heterocycles. The number of carbonyl (C=O) groups excluding carboxylic acids is 1. The number of carboxylic acids is 1. The van der Waals surface area contributed by atoms with E-state index in [0.29, 0.717) is 19.7 Å². The number of hydrogen-bond donors (Lipinski definition) is 1. The lowest BCUT2D eigenvalue weighted by molar-refractivity contribution is -0.137. The molecule has 2 aliphatic rings.